The summed E-state index contributed by atoms with van der Waals surface area (Å²) in [5.41, 5.74) is 9.46. The first-order valence-electron chi connectivity index (χ1n) is 9.18. The van der Waals surface area contributed by atoms with E-state index in [9.17, 15) is 0 Å². The average molecular weight is 352 g/mol. The van der Waals surface area contributed by atoms with Crippen molar-refractivity contribution in [1.82, 2.24) is 4.90 Å². The zero-order valence-electron chi connectivity index (χ0n) is 15.6. The highest BCUT2D eigenvalue weighted by Crippen LogP contribution is 2.31. The molecule has 2 aromatic rings. The van der Waals surface area contributed by atoms with Crippen LogP contribution in [0, 0.1) is 6.92 Å². The van der Waals surface area contributed by atoms with E-state index in [1.807, 2.05) is 24.3 Å². The van der Waals surface area contributed by atoms with Crippen LogP contribution in [-0.4, -0.2) is 37.6 Å². The molecule has 0 radical (unpaired) electrons. The summed E-state index contributed by atoms with van der Waals surface area (Å²) in [5, 5.41) is 3.19. The van der Waals surface area contributed by atoms with Gasteiger partial charge in [0.05, 0.1) is 19.7 Å². The minimum absolute atomic E-state index is 0.173. The number of rotatable bonds is 6. The molecule has 5 nitrogen and oxygen atoms in total. The Morgan fingerprint density at radius 3 is 2.69 bits per heavy atom. The molecule has 0 aromatic heterocycles. The monoisotopic (exact) mass is 352 g/mol. The van der Waals surface area contributed by atoms with Crippen molar-refractivity contribution in [1.29, 1.82) is 0 Å². The quantitative estimate of drug-likeness (QED) is 0.616. The van der Waals surface area contributed by atoms with Gasteiger partial charge in [-0.05, 0) is 56.6 Å². The lowest BCUT2D eigenvalue weighted by Gasteiger charge is -2.28. The van der Waals surface area contributed by atoms with Crippen LogP contribution in [0.4, 0.5) is 5.69 Å². The number of nitrogens with zero attached hydrogens (tertiary/aromatic N) is 2. The maximum atomic E-state index is 6.14. The van der Waals surface area contributed by atoms with Crippen molar-refractivity contribution in [2.75, 3.05) is 32.1 Å². The zero-order valence-corrected chi connectivity index (χ0v) is 15.6. The highest BCUT2D eigenvalue weighted by molar-refractivity contribution is 5.92. The van der Waals surface area contributed by atoms with Crippen LogP contribution >= 0.6 is 0 Å². The number of aryl methyl sites for hydroxylation is 1. The highest BCUT2D eigenvalue weighted by Gasteiger charge is 2.25. The number of hydrogen-bond acceptors (Lipinski definition) is 3. The Hall–Kier alpha value is -2.53. The first-order chi connectivity index (χ1) is 12.7. The Kier molecular flexibility index (Phi) is 6.12. The number of nitrogens with one attached hydrogen (secondary N) is 1. The molecule has 1 atom stereocenters. The number of hydrogen-bond donors (Lipinski definition) is 2. The third kappa shape index (κ3) is 4.55. The van der Waals surface area contributed by atoms with E-state index in [-0.39, 0.29) is 6.04 Å². The fourth-order valence-corrected chi connectivity index (χ4v) is 3.50. The van der Waals surface area contributed by atoms with Gasteiger partial charge in [-0.1, -0.05) is 30.3 Å². The minimum Gasteiger partial charge on any atom is -0.496 e. The molecular formula is C21H28N4O. The number of para-hydroxylation sites is 1. The van der Waals surface area contributed by atoms with E-state index in [1.165, 1.54) is 24.0 Å². The van der Waals surface area contributed by atoms with E-state index < -0.39 is 0 Å². The summed E-state index contributed by atoms with van der Waals surface area (Å²) in [6.45, 7) is 4.83. The van der Waals surface area contributed by atoms with Crippen LogP contribution in [0.2, 0.25) is 0 Å². The Labute approximate surface area is 155 Å². The van der Waals surface area contributed by atoms with Crippen molar-refractivity contribution in [3.8, 4) is 5.75 Å². The summed E-state index contributed by atoms with van der Waals surface area (Å²) < 4.78 is 5.58. The summed E-state index contributed by atoms with van der Waals surface area (Å²) in [7, 11) is 1.72. The van der Waals surface area contributed by atoms with Crippen LogP contribution in [0.15, 0.2) is 53.5 Å². The molecule has 0 amide bonds. The standard InChI is InChI=1S/C21H28N4O/c1-16-8-7-9-17(14-16)24-21(22)23-15-19(25-12-5-6-13-25)18-10-3-4-11-20(18)26-2/h3-4,7-11,14,19H,5-6,12-13,15H2,1-2H3,(H3,22,23,24). The molecule has 1 aliphatic heterocycles. The van der Waals surface area contributed by atoms with Gasteiger partial charge in [-0.3, -0.25) is 9.89 Å². The molecule has 1 heterocycles. The number of likely N-dealkylation sites (tertiary alicyclic amines) is 1. The van der Waals surface area contributed by atoms with Crippen molar-refractivity contribution < 1.29 is 4.74 Å². The van der Waals surface area contributed by atoms with Gasteiger partial charge in [0.2, 0.25) is 0 Å². The van der Waals surface area contributed by atoms with Crippen molar-refractivity contribution in [3.63, 3.8) is 0 Å². The first-order valence-corrected chi connectivity index (χ1v) is 9.18. The average Bonchev–Trinajstić information content (AvgIpc) is 3.17. The molecule has 1 saturated heterocycles. The van der Waals surface area contributed by atoms with E-state index in [1.54, 1.807) is 7.11 Å². The number of anilines is 1. The maximum absolute atomic E-state index is 6.14. The van der Waals surface area contributed by atoms with Crippen molar-refractivity contribution in [2.45, 2.75) is 25.8 Å². The Morgan fingerprint density at radius 2 is 1.96 bits per heavy atom. The number of aliphatic imine (C=N–C) groups is 1. The zero-order chi connectivity index (χ0) is 18.4. The van der Waals surface area contributed by atoms with Crippen LogP contribution in [0.3, 0.4) is 0 Å². The maximum Gasteiger partial charge on any atom is 0.193 e. The lowest BCUT2D eigenvalue weighted by Crippen LogP contribution is -2.30. The van der Waals surface area contributed by atoms with Gasteiger partial charge in [0.25, 0.3) is 0 Å². The molecule has 0 bridgehead atoms. The second-order valence-corrected chi connectivity index (χ2v) is 6.72. The molecule has 3 rings (SSSR count). The minimum atomic E-state index is 0.173. The Morgan fingerprint density at radius 1 is 1.19 bits per heavy atom. The molecule has 3 N–H and O–H groups in total. The Bertz CT molecular complexity index is 753. The molecular weight excluding hydrogens is 324 g/mol. The molecule has 2 aromatic carbocycles. The highest BCUT2D eigenvalue weighted by atomic mass is 16.5. The molecule has 1 fully saturated rings. The van der Waals surface area contributed by atoms with Crippen LogP contribution < -0.4 is 15.8 Å². The molecule has 26 heavy (non-hydrogen) atoms. The second kappa shape index (κ2) is 8.72. The second-order valence-electron chi connectivity index (χ2n) is 6.72. The number of ether oxygens (including phenoxy) is 1. The van der Waals surface area contributed by atoms with Gasteiger partial charge in [-0.2, -0.15) is 0 Å². The van der Waals surface area contributed by atoms with E-state index in [0.29, 0.717) is 12.5 Å². The fourth-order valence-electron chi connectivity index (χ4n) is 3.50. The predicted octanol–water partition coefficient (Wildman–Crippen LogP) is 3.57. The molecule has 5 heteroatoms. The number of methoxy groups -OCH3 is 1. The summed E-state index contributed by atoms with van der Waals surface area (Å²) in [6, 6.07) is 16.5. The number of guanidine groups is 1. The van der Waals surface area contributed by atoms with Crippen molar-refractivity contribution in [3.05, 3.63) is 59.7 Å². The van der Waals surface area contributed by atoms with Crippen LogP contribution in [0.25, 0.3) is 0 Å². The predicted molar refractivity (Wildman–Crippen MR) is 108 cm³/mol. The van der Waals surface area contributed by atoms with E-state index in [2.05, 4.69) is 46.4 Å². The molecule has 138 valence electrons. The third-order valence-corrected chi connectivity index (χ3v) is 4.80. The van der Waals surface area contributed by atoms with Crippen LogP contribution in [0.5, 0.6) is 5.75 Å². The van der Waals surface area contributed by atoms with Crippen molar-refractivity contribution in [2.24, 2.45) is 10.7 Å². The molecule has 0 saturated carbocycles. The van der Waals surface area contributed by atoms with Gasteiger partial charge in [0, 0.05) is 11.3 Å². The first kappa shape index (κ1) is 18.3. The van der Waals surface area contributed by atoms with Gasteiger partial charge in [-0.25, -0.2) is 0 Å². The van der Waals surface area contributed by atoms with Gasteiger partial charge in [-0.15, -0.1) is 0 Å². The van der Waals surface area contributed by atoms with Crippen LogP contribution in [-0.2, 0) is 0 Å². The van der Waals surface area contributed by atoms with E-state index in [4.69, 9.17) is 10.5 Å². The van der Waals surface area contributed by atoms with Gasteiger partial charge in [0.1, 0.15) is 5.75 Å². The number of nitrogens with two attached hydrogens (primary N) is 1. The topological polar surface area (TPSA) is 62.9 Å². The molecule has 0 aliphatic carbocycles. The molecule has 1 aliphatic rings. The molecule has 0 spiro atoms. The van der Waals surface area contributed by atoms with Gasteiger partial charge < -0.3 is 15.8 Å². The van der Waals surface area contributed by atoms with Crippen LogP contribution in [0.1, 0.15) is 30.0 Å². The summed E-state index contributed by atoms with van der Waals surface area (Å²) >= 11 is 0. The number of benzene rings is 2. The fraction of sp³-hybridized carbons (Fsp3) is 0.381. The van der Waals surface area contributed by atoms with Crippen molar-refractivity contribution >= 4 is 11.6 Å². The SMILES string of the molecule is COc1ccccc1C(CN=C(N)Nc1cccc(C)c1)N1CCCC1. The smallest absolute Gasteiger partial charge is 0.193 e. The van der Waals surface area contributed by atoms with E-state index in [0.717, 1.165) is 24.5 Å². The third-order valence-electron chi connectivity index (χ3n) is 4.80. The lowest BCUT2D eigenvalue weighted by molar-refractivity contribution is 0.245. The Balaban J connectivity index is 1.77. The largest absolute Gasteiger partial charge is 0.496 e. The lowest BCUT2D eigenvalue weighted by atomic mass is 10.0. The van der Waals surface area contributed by atoms with Gasteiger partial charge >= 0.3 is 0 Å². The molecule has 1 unspecified atom stereocenters. The van der Waals surface area contributed by atoms with E-state index >= 15 is 0 Å². The summed E-state index contributed by atoms with van der Waals surface area (Å²) in [4.78, 5) is 7.11. The normalized spacial score (nSPS) is 16.5. The summed E-state index contributed by atoms with van der Waals surface area (Å²) in [5.74, 6) is 1.35. The summed E-state index contributed by atoms with van der Waals surface area (Å²) in [6.07, 6.45) is 2.46. The van der Waals surface area contributed by atoms with Gasteiger partial charge in [0.15, 0.2) is 5.96 Å².